The Morgan fingerprint density at radius 1 is 0.970 bits per heavy atom. The summed E-state index contributed by atoms with van der Waals surface area (Å²) in [4.78, 5) is 40.8. The number of imide groups is 1. The monoisotopic (exact) mass is 529 g/mol. The summed E-state index contributed by atoms with van der Waals surface area (Å²) in [6.07, 6.45) is 1.55. The van der Waals surface area contributed by atoms with Gasteiger partial charge in [-0.2, -0.15) is 0 Å². The van der Waals surface area contributed by atoms with E-state index in [0.717, 1.165) is 22.4 Å². The number of hydrogen-bond acceptors (Lipinski definition) is 4. The van der Waals surface area contributed by atoms with Gasteiger partial charge in [-0.25, -0.2) is 4.79 Å². The topological polar surface area (TPSA) is 63.7 Å². The number of benzene rings is 2. The summed E-state index contributed by atoms with van der Waals surface area (Å²) in [7, 11) is 0. The van der Waals surface area contributed by atoms with E-state index in [-0.39, 0.29) is 43.6 Å². The molecule has 0 saturated carbocycles. The van der Waals surface area contributed by atoms with Gasteiger partial charge in [0.15, 0.2) is 0 Å². The second-order valence-electron chi connectivity index (χ2n) is 8.26. The number of hydrogen-bond donors (Lipinski definition) is 0. The van der Waals surface area contributed by atoms with Crippen LogP contribution in [0, 0.1) is 6.92 Å². The molecule has 5 nitrogen and oxygen atoms in total. The second-order valence-corrected chi connectivity index (χ2v) is 9.77. The van der Waals surface area contributed by atoms with Crippen LogP contribution < -0.4 is 4.74 Å². The van der Waals surface area contributed by atoms with Gasteiger partial charge in [0.1, 0.15) is 11.8 Å². The molecule has 2 amide bonds. The van der Waals surface area contributed by atoms with Crippen LogP contribution in [0.4, 0.5) is 0 Å². The Labute approximate surface area is 212 Å². The highest BCUT2D eigenvalue weighted by Gasteiger charge is 2.47. The maximum atomic E-state index is 13.4. The number of nitrogens with zero attached hydrogens (tertiary/aromatic N) is 1. The van der Waals surface area contributed by atoms with E-state index in [1.807, 2.05) is 39.8 Å². The number of halogens is 4. The van der Waals surface area contributed by atoms with Crippen LogP contribution in [0.25, 0.3) is 0 Å². The minimum absolute atomic E-state index is 0.101. The van der Waals surface area contributed by atoms with Crippen molar-refractivity contribution in [3.05, 3.63) is 60.5 Å². The summed E-state index contributed by atoms with van der Waals surface area (Å²) >= 11 is 24.7. The normalized spacial score (nSPS) is 14.2. The summed E-state index contributed by atoms with van der Waals surface area (Å²) in [5.41, 5.74) is 1.44. The summed E-state index contributed by atoms with van der Waals surface area (Å²) < 4.78 is 5.76. The zero-order valence-electron chi connectivity index (χ0n) is 18.6. The van der Waals surface area contributed by atoms with Gasteiger partial charge in [-0.05, 0) is 36.5 Å². The average Bonchev–Trinajstić information content (AvgIpc) is 3.01. The van der Waals surface area contributed by atoms with E-state index in [1.165, 1.54) is 0 Å². The Morgan fingerprint density at radius 2 is 1.52 bits per heavy atom. The van der Waals surface area contributed by atoms with Crippen LogP contribution in [0.3, 0.4) is 0 Å². The van der Waals surface area contributed by atoms with Crippen molar-refractivity contribution in [2.75, 3.05) is 0 Å². The summed E-state index contributed by atoms with van der Waals surface area (Å²) in [6.45, 7) is 7.80. The lowest BCUT2D eigenvalue weighted by Crippen LogP contribution is -2.46. The van der Waals surface area contributed by atoms with Crippen LogP contribution in [-0.4, -0.2) is 28.7 Å². The third-order valence-electron chi connectivity index (χ3n) is 5.55. The van der Waals surface area contributed by atoms with E-state index in [9.17, 15) is 14.4 Å². The maximum Gasteiger partial charge on any atom is 0.334 e. The van der Waals surface area contributed by atoms with Crippen molar-refractivity contribution in [1.29, 1.82) is 0 Å². The van der Waals surface area contributed by atoms with Crippen LogP contribution >= 0.6 is 46.4 Å². The lowest BCUT2D eigenvalue weighted by molar-refractivity contribution is -0.139. The van der Waals surface area contributed by atoms with E-state index < -0.39 is 23.8 Å². The molecule has 33 heavy (non-hydrogen) atoms. The van der Waals surface area contributed by atoms with Crippen molar-refractivity contribution in [3.8, 4) is 5.75 Å². The van der Waals surface area contributed by atoms with Crippen molar-refractivity contribution in [2.45, 2.75) is 58.9 Å². The average molecular weight is 531 g/mol. The Morgan fingerprint density at radius 3 is 2.00 bits per heavy atom. The number of carbonyl (C=O) groups excluding carboxylic acids is 3. The van der Waals surface area contributed by atoms with Crippen LogP contribution in [0.1, 0.15) is 77.8 Å². The molecule has 1 heterocycles. The van der Waals surface area contributed by atoms with Gasteiger partial charge in [0.2, 0.25) is 0 Å². The smallest absolute Gasteiger partial charge is 0.334 e. The fourth-order valence-corrected chi connectivity index (χ4v) is 4.80. The van der Waals surface area contributed by atoms with Gasteiger partial charge in [0.25, 0.3) is 11.8 Å². The van der Waals surface area contributed by atoms with E-state index >= 15 is 0 Å². The molecular weight excluding hydrogens is 508 g/mol. The molecule has 1 unspecified atom stereocenters. The first-order valence-corrected chi connectivity index (χ1v) is 12.1. The lowest BCUT2D eigenvalue weighted by atomic mass is 10.0. The van der Waals surface area contributed by atoms with E-state index in [0.29, 0.717) is 12.2 Å². The van der Waals surface area contributed by atoms with Crippen molar-refractivity contribution in [1.82, 2.24) is 4.90 Å². The summed E-state index contributed by atoms with van der Waals surface area (Å²) in [6, 6.07) is 4.43. The number of carbonyl (C=O) groups is 3. The number of fused-ring (bicyclic) bond motifs is 1. The lowest BCUT2D eigenvalue weighted by Gasteiger charge is -2.25. The Bertz CT molecular complexity index is 1100. The van der Waals surface area contributed by atoms with Gasteiger partial charge in [-0.3, -0.25) is 14.5 Å². The van der Waals surface area contributed by atoms with Crippen LogP contribution in [-0.2, 0) is 4.79 Å². The molecule has 176 valence electrons. The Balaban J connectivity index is 2.04. The molecule has 0 aromatic heterocycles. The van der Waals surface area contributed by atoms with Crippen LogP contribution in [0.5, 0.6) is 5.75 Å². The highest BCUT2D eigenvalue weighted by atomic mass is 35.5. The number of aryl methyl sites for hydroxylation is 1. The summed E-state index contributed by atoms with van der Waals surface area (Å²) in [5.74, 6) is -1.73. The molecule has 1 aliphatic heterocycles. The number of esters is 1. The van der Waals surface area contributed by atoms with Crippen LogP contribution in [0.2, 0.25) is 20.1 Å². The van der Waals surface area contributed by atoms with Crippen molar-refractivity contribution in [3.63, 3.8) is 0 Å². The van der Waals surface area contributed by atoms with Gasteiger partial charge < -0.3 is 4.74 Å². The number of ether oxygens (including phenoxy) is 1. The molecule has 0 radical (unpaired) electrons. The SMILES string of the molecule is CCCCC(C(=O)Oc1cc(C)ccc1C(C)C)N1C(=O)c2c(Cl)c(Cl)c(Cl)c(Cl)c2C1=O. The highest BCUT2D eigenvalue weighted by Crippen LogP contribution is 2.45. The fourth-order valence-electron chi connectivity index (χ4n) is 3.78. The fraction of sp³-hybridized carbons (Fsp3) is 0.375. The van der Waals surface area contributed by atoms with Gasteiger partial charge >= 0.3 is 5.97 Å². The van der Waals surface area contributed by atoms with E-state index in [4.69, 9.17) is 51.1 Å². The Hall–Kier alpha value is -1.79. The van der Waals surface area contributed by atoms with Gasteiger partial charge in [0, 0.05) is 0 Å². The van der Waals surface area contributed by atoms with Crippen LogP contribution in [0.15, 0.2) is 18.2 Å². The second kappa shape index (κ2) is 10.2. The largest absolute Gasteiger partial charge is 0.425 e. The third kappa shape index (κ3) is 4.74. The number of amides is 2. The molecule has 0 N–H and O–H groups in total. The first-order valence-electron chi connectivity index (χ1n) is 10.6. The van der Waals surface area contributed by atoms with Crippen molar-refractivity contribution >= 4 is 64.2 Å². The molecule has 2 aromatic rings. The molecule has 9 heteroatoms. The molecule has 0 spiro atoms. The van der Waals surface area contributed by atoms with Crippen molar-refractivity contribution < 1.29 is 19.1 Å². The predicted molar refractivity (Wildman–Crippen MR) is 131 cm³/mol. The molecule has 0 saturated heterocycles. The standard InChI is InChI=1S/C24H23Cl4NO4/c1-5-6-7-14(24(32)33-15-10-12(4)8-9-13(15)11(2)3)29-22(30)16-17(23(29)31)19(26)21(28)20(27)18(16)25/h8-11,14H,5-7H2,1-4H3. The molecule has 3 rings (SSSR count). The minimum Gasteiger partial charge on any atom is -0.425 e. The quantitative estimate of drug-likeness (QED) is 0.122. The predicted octanol–water partition coefficient (Wildman–Crippen LogP) is 7.49. The molecule has 1 atom stereocenters. The summed E-state index contributed by atoms with van der Waals surface area (Å²) in [5, 5.41) is -0.603. The molecule has 0 aliphatic carbocycles. The first-order chi connectivity index (χ1) is 15.5. The molecule has 0 bridgehead atoms. The molecule has 0 fully saturated rings. The molecule has 2 aromatic carbocycles. The van der Waals surface area contributed by atoms with E-state index in [2.05, 4.69) is 0 Å². The third-order valence-corrected chi connectivity index (χ3v) is 7.35. The maximum absolute atomic E-state index is 13.4. The number of rotatable bonds is 7. The zero-order chi connectivity index (χ0) is 24.6. The zero-order valence-corrected chi connectivity index (χ0v) is 21.6. The van der Waals surface area contributed by atoms with Gasteiger partial charge in [-0.1, -0.05) is 92.1 Å². The minimum atomic E-state index is -1.16. The highest BCUT2D eigenvalue weighted by molar-refractivity contribution is 6.55. The molecular formula is C24H23Cl4NO4. The van der Waals surface area contributed by atoms with E-state index in [1.54, 1.807) is 6.07 Å². The van der Waals surface area contributed by atoms with Gasteiger partial charge in [-0.15, -0.1) is 0 Å². The number of unbranched alkanes of at least 4 members (excludes halogenated alkanes) is 1. The van der Waals surface area contributed by atoms with Gasteiger partial charge in [0.05, 0.1) is 31.2 Å². The molecule has 1 aliphatic rings. The van der Waals surface area contributed by atoms with Crippen molar-refractivity contribution in [2.24, 2.45) is 0 Å². The Kier molecular flexibility index (Phi) is 8.00. The first kappa shape index (κ1) is 25.8.